The molecule has 7 heteroatoms. The molecule has 1 unspecified atom stereocenters. The molecule has 0 fully saturated rings. The SMILES string of the molecule is Cc1ccccc1-n1cnnc1SCC(=O)NC(C)c1cc2ccccc2o1. The van der Waals surface area contributed by atoms with E-state index in [2.05, 4.69) is 15.5 Å². The Balaban J connectivity index is 1.40. The van der Waals surface area contributed by atoms with Crippen LogP contribution in [-0.4, -0.2) is 26.4 Å². The molecule has 1 atom stereocenters. The Hall–Kier alpha value is -3.06. The quantitative estimate of drug-likeness (QED) is 0.496. The number of furan rings is 1. The second kappa shape index (κ2) is 7.90. The van der Waals surface area contributed by atoms with E-state index in [9.17, 15) is 4.79 Å². The lowest BCUT2D eigenvalue weighted by atomic mass is 10.2. The normalized spacial score (nSPS) is 12.2. The van der Waals surface area contributed by atoms with Gasteiger partial charge in [-0.2, -0.15) is 0 Å². The fraction of sp³-hybridized carbons (Fsp3) is 0.190. The number of amides is 1. The maximum atomic E-state index is 12.4. The van der Waals surface area contributed by atoms with Crippen LogP contribution in [0.15, 0.2) is 70.5 Å². The predicted molar refractivity (Wildman–Crippen MR) is 110 cm³/mol. The Morgan fingerprint density at radius 1 is 1.21 bits per heavy atom. The van der Waals surface area contributed by atoms with E-state index in [1.807, 2.05) is 73.0 Å². The van der Waals surface area contributed by atoms with Gasteiger partial charge < -0.3 is 9.73 Å². The van der Waals surface area contributed by atoms with Crippen LogP contribution in [0.25, 0.3) is 16.7 Å². The first-order chi connectivity index (χ1) is 13.6. The predicted octanol–water partition coefficient (Wildman–Crippen LogP) is 4.29. The molecule has 6 nitrogen and oxygen atoms in total. The number of benzene rings is 2. The fourth-order valence-electron chi connectivity index (χ4n) is 3.02. The summed E-state index contributed by atoms with van der Waals surface area (Å²) in [4.78, 5) is 12.4. The molecule has 142 valence electrons. The van der Waals surface area contributed by atoms with Crippen LogP contribution in [-0.2, 0) is 4.79 Å². The van der Waals surface area contributed by atoms with Crippen molar-refractivity contribution in [1.82, 2.24) is 20.1 Å². The van der Waals surface area contributed by atoms with Crippen LogP contribution in [0.5, 0.6) is 0 Å². The lowest BCUT2D eigenvalue weighted by molar-refractivity contribution is -0.119. The number of aryl methyl sites for hydroxylation is 1. The van der Waals surface area contributed by atoms with E-state index in [1.165, 1.54) is 11.8 Å². The lowest BCUT2D eigenvalue weighted by Gasteiger charge is -2.12. The van der Waals surface area contributed by atoms with Gasteiger partial charge in [0.15, 0.2) is 5.16 Å². The van der Waals surface area contributed by atoms with E-state index in [-0.39, 0.29) is 17.7 Å². The van der Waals surface area contributed by atoms with E-state index < -0.39 is 0 Å². The number of nitrogens with zero attached hydrogens (tertiary/aromatic N) is 3. The molecular formula is C21H20N4O2S. The summed E-state index contributed by atoms with van der Waals surface area (Å²) < 4.78 is 7.72. The molecule has 0 spiro atoms. The summed E-state index contributed by atoms with van der Waals surface area (Å²) in [5, 5.41) is 12.8. The number of para-hydroxylation sites is 2. The van der Waals surface area contributed by atoms with Crippen molar-refractivity contribution in [2.75, 3.05) is 5.75 Å². The topological polar surface area (TPSA) is 73.0 Å². The number of nitrogens with one attached hydrogen (secondary N) is 1. The molecule has 4 rings (SSSR count). The van der Waals surface area contributed by atoms with Gasteiger partial charge in [0, 0.05) is 5.39 Å². The van der Waals surface area contributed by atoms with Crippen LogP contribution in [0.3, 0.4) is 0 Å². The summed E-state index contributed by atoms with van der Waals surface area (Å²) in [6, 6.07) is 17.6. The molecule has 0 radical (unpaired) electrons. The smallest absolute Gasteiger partial charge is 0.231 e. The van der Waals surface area contributed by atoms with Crippen LogP contribution in [0, 0.1) is 6.92 Å². The van der Waals surface area contributed by atoms with E-state index in [0.29, 0.717) is 5.16 Å². The average Bonchev–Trinajstić information content (AvgIpc) is 3.33. The van der Waals surface area contributed by atoms with Crippen molar-refractivity contribution in [3.63, 3.8) is 0 Å². The molecule has 1 N–H and O–H groups in total. The number of carbonyl (C=O) groups excluding carboxylic acids is 1. The third-order valence-corrected chi connectivity index (χ3v) is 5.42. The number of hydrogen-bond donors (Lipinski definition) is 1. The molecule has 0 saturated carbocycles. The van der Waals surface area contributed by atoms with Crippen molar-refractivity contribution in [1.29, 1.82) is 0 Å². The van der Waals surface area contributed by atoms with E-state index >= 15 is 0 Å². The molecular weight excluding hydrogens is 372 g/mol. The zero-order chi connectivity index (χ0) is 19.5. The Morgan fingerprint density at radius 2 is 2.00 bits per heavy atom. The minimum Gasteiger partial charge on any atom is -0.459 e. The highest BCUT2D eigenvalue weighted by molar-refractivity contribution is 7.99. The van der Waals surface area contributed by atoms with Crippen molar-refractivity contribution >= 4 is 28.6 Å². The maximum Gasteiger partial charge on any atom is 0.231 e. The third kappa shape index (κ3) is 3.80. The van der Waals surface area contributed by atoms with Gasteiger partial charge >= 0.3 is 0 Å². The zero-order valence-electron chi connectivity index (χ0n) is 15.6. The lowest BCUT2D eigenvalue weighted by Crippen LogP contribution is -2.28. The van der Waals surface area contributed by atoms with Crippen LogP contribution in [0.4, 0.5) is 0 Å². The molecule has 4 aromatic rings. The Bertz CT molecular complexity index is 1090. The van der Waals surface area contributed by atoms with Crippen molar-refractivity contribution in [2.24, 2.45) is 0 Å². The van der Waals surface area contributed by atoms with Crippen LogP contribution in [0.1, 0.15) is 24.3 Å². The molecule has 0 aliphatic heterocycles. The summed E-state index contributed by atoms with van der Waals surface area (Å²) in [6.07, 6.45) is 1.67. The Morgan fingerprint density at radius 3 is 2.82 bits per heavy atom. The monoisotopic (exact) mass is 392 g/mol. The first-order valence-corrected chi connectivity index (χ1v) is 9.97. The minimum absolute atomic E-state index is 0.0858. The number of hydrogen-bond acceptors (Lipinski definition) is 5. The summed E-state index contributed by atoms with van der Waals surface area (Å²) in [5.41, 5.74) is 2.94. The van der Waals surface area contributed by atoms with Crippen molar-refractivity contribution in [3.8, 4) is 5.69 Å². The molecule has 28 heavy (non-hydrogen) atoms. The molecule has 2 aromatic carbocycles. The summed E-state index contributed by atoms with van der Waals surface area (Å²) >= 11 is 1.35. The second-order valence-corrected chi connectivity index (χ2v) is 7.48. The van der Waals surface area contributed by atoms with Crippen molar-refractivity contribution in [2.45, 2.75) is 25.0 Å². The molecule has 0 bridgehead atoms. The van der Waals surface area contributed by atoms with E-state index in [1.54, 1.807) is 6.33 Å². The summed E-state index contributed by atoms with van der Waals surface area (Å²) in [7, 11) is 0. The number of rotatable bonds is 6. The van der Waals surface area contributed by atoms with Gasteiger partial charge in [-0.05, 0) is 37.6 Å². The van der Waals surface area contributed by atoms with Crippen molar-refractivity contribution < 1.29 is 9.21 Å². The summed E-state index contributed by atoms with van der Waals surface area (Å²) in [6.45, 7) is 3.95. The van der Waals surface area contributed by atoms with Gasteiger partial charge in [-0.1, -0.05) is 48.2 Å². The number of fused-ring (bicyclic) bond motifs is 1. The Labute approximate surface area is 167 Å². The fourth-order valence-corrected chi connectivity index (χ4v) is 3.75. The standard InChI is InChI=1S/C21H20N4O2S/c1-14-7-3-5-9-17(14)25-13-22-24-21(25)28-12-20(26)23-15(2)19-11-16-8-4-6-10-18(16)27-19/h3-11,13,15H,12H2,1-2H3,(H,23,26). The largest absolute Gasteiger partial charge is 0.459 e. The highest BCUT2D eigenvalue weighted by atomic mass is 32.2. The Kier molecular flexibility index (Phi) is 5.16. The average molecular weight is 392 g/mol. The summed E-state index contributed by atoms with van der Waals surface area (Å²) in [5.74, 6) is 0.898. The molecule has 2 aromatic heterocycles. The number of thioether (sulfide) groups is 1. The maximum absolute atomic E-state index is 12.4. The van der Waals surface area contributed by atoms with Gasteiger partial charge in [-0.15, -0.1) is 10.2 Å². The van der Waals surface area contributed by atoms with E-state index in [4.69, 9.17) is 4.42 Å². The van der Waals surface area contributed by atoms with E-state index in [0.717, 1.165) is 28.0 Å². The minimum atomic E-state index is -0.213. The van der Waals surface area contributed by atoms with Crippen LogP contribution < -0.4 is 5.32 Å². The number of aromatic nitrogens is 3. The van der Waals surface area contributed by atoms with Gasteiger partial charge in [0.25, 0.3) is 0 Å². The first-order valence-electron chi connectivity index (χ1n) is 8.98. The highest BCUT2D eigenvalue weighted by Crippen LogP contribution is 2.24. The van der Waals surface area contributed by atoms with Gasteiger partial charge in [-0.25, -0.2) is 0 Å². The van der Waals surface area contributed by atoms with Gasteiger partial charge in [0.05, 0.1) is 17.5 Å². The third-order valence-electron chi connectivity index (χ3n) is 4.47. The first kappa shape index (κ1) is 18.3. The van der Waals surface area contributed by atoms with Gasteiger partial charge in [0.1, 0.15) is 17.7 Å². The molecule has 1 amide bonds. The molecule has 0 aliphatic carbocycles. The van der Waals surface area contributed by atoms with Gasteiger partial charge in [-0.3, -0.25) is 9.36 Å². The number of carbonyl (C=O) groups is 1. The molecule has 2 heterocycles. The van der Waals surface area contributed by atoms with Crippen LogP contribution in [0.2, 0.25) is 0 Å². The van der Waals surface area contributed by atoms with Gasteiger partial charge in [0.2, 0.25) is 5.91 Å². The van der Waals surface area contributed by atoms with Crippen LogP contribution >= 0.6 is 11.8 Å². The molecule has 0 saturated heterocycles. The second-order valence-electron chi connectivity index (χ2n) is 6.53. The zero-order valence-corrected chi connectivity index (χ0v) is 16.4. The highest BCUT2D eigenvalue weighted by Gasteiger charge is 2.16. The van der Waals surface area contributed by atoms with Crippen molar-refractivity contribution in [3.05, 3.63) is 72.2 Å². The molecule has 0 aliphatic rings.